The van der Waals surface area contributed by atoms with Crippen LogP contribution in [0, 0.1) is 36.3 Å². The van der Waals surface area contributed by atoms with Crippen molar-refractivity contribution in [2.75, 3.05) is 6.61 Å². The molecule has 0 aromatic heterocycles. The molecule has 22 heavy (non-hydrogen) atoms. The molecule has 2 atom stereocenters. The Morgan fingerprint density at radius 1 is 0.909 bits per heavy atom. The molecule has 0 amide bonds. The van der Waals surface area contributed by atoms with E-state index in [2.05, 4.69) is 6.92 Å². The minimum atomic E-state index is -0.732. The van der Waals surface area contributed by atoms with Crippen LogP contribution in [0.25, 0.3) is 0 Å². The average molecular weight is 308 g/mol. The Bertz CT molecular complexity index is 512. The van der Waals surface area contributed by atoms with E-state index in [4.69, 9.17) is 4.74 Å². The number of ether oxygens (including phenoxy) is 1. The maximum Gasteiger partial charge on any atom is 0.164 e. The van der Waals surface area contributed by atoms with Crippen molar-refractivity contribution in [1.82, 2.24) is 0 Å². The van der Waals surface area contributed by atoms with Gasteiger partial charge in [0.15, 0.2) is 11.6 Å². The predicted molar refractivity (Wildman–Crippen MR) is 83.6 cm³/mol. The monoisotopic (exact) mass is 308 g/mol. The number of benzene rings is 1. The van der Waals surface area contributed by atoms with Crippen LogP contribution in [-0.2, 0) is 4.74 Å². The summed E-state index contributed by atoms with van der Waals surface area (Å²) in [5, 5.41) is 0. The Morgan fingerprint density at radius 2 is 1.59 bits per heavy atom. The van der Waals surface area contributed by atoms with Gasteiger partial charge in [-0.25, -0.2) is 8.78 Å². The van der Waals surface area contributed by atoms with Gasteiger partial charge in [-0.3, -0.25) is 0 Å². The fourth-order valence-corrected chi connectivity index (χ4v) is 4.06. The molecule has 0 radical (unpaired) electrons. The summed E-state index contributed by atoms with van der Waals surface area (Å²) >= 11 is 0. The zero-order chi connectivity index (χ0) is 15.7. The van der Waals surface area contributed by atoms with Gasteiger partial charge in [-0.15, -0.1) is 0 Å². The summed E-state index contributed by atoms with van der Waals surface area (Å²) in [5.41, 5.74) is 0.741. The second kappa shape index (κ2) is 6.66. The molecule has 1 heterocycles. The van der Waals surface area contributed by atoms with Gasteiger partial charge in [0.05, 0.1) is 12.7 Å². The van der Waals surface area contributed by atoms with Crippen LogP contribution in [0.2, 0.25) is 0 Å². The Kier molecular flexibility index (Phi) is 4.82. The van der Waals surface area contributed by atoms with Crippen molar-refractivity contribution in [2.24, 2.45) is 17.8 Å². The lowest BCUT2D eigenvalue weighted by molar-refractivity contribution is -0.0416. The summed E-state index contributed by atoms with van der Waals surface area (Å²) in [6.45, 7) is 4.61. The molecule has 3 rings (SSSR count). The summed E-state index contributed by atoms with van der Waals surface area (Å²) in [5.74, 6) is 0.761. The third-order valence-electron chi connectivity index (χ3n) is 5.69. The molecule has 1 aromatic rings. The van der Waals surface area contributed by atoms with E-state index in [1.54, 1.807) is 19.1 Å². The van der Waals surface area contributed by atoms with E-state index in [-0.39, 0.29) is 6.10 Å². The first-order valence-corrected chi connectivity index (χ1v) is 8.62. The van der Waals surface area contributed by atoms with Crippen molar-refractivity contribution in [3.05, 3.63) is 34.9 Å². The van der Waals surface area contributed by atoms with E-state index in [0.717, 1.165) is 24.7 Å². The minimum absolute atomic E-state index is 0.283. The Hall–Kier alpha value is -0.960. The zero-order valence-corrected chi connectivity index (χ0v) is 13.6. The highest BCUT2D eigenvalue weighted by Crippen LogP contribution is 2.40. The van der Waals surface area contributed by atoms with Crippen LogP contribution in [0.5, 0.6) is 0 Å². The zero-order valence-electron chi connectivity index (χ0n) is 13.6. The van der Waals surface area contributed by atoms with Crippen LogP contribution in [0.15, 0.2) is 12.1 Å². The highest BCUT2D eigenvalue weighted by atomic mass is 19.2. The van der Waals surface area contributed by atoms with Crippen molar-refractivity contribution >= 4 is 0 Å². The van der Waals surface area contributed by atoms with E-state index in [0.29, 0.717) is 23.7 Å². The van der Waals surface area contributed by atoms with Gasteiger partial charge in [0.1, 0.15) is 0 Å². The Morgan fingerprint density at radius 3 is 2.23 bits per heavy atom. The second-order valence-electron chi connectivity index (χ2n) is 7.28. The topological polar surface area (TPSA) is 9.23 Å². The molecule has 3 heteroatoms. The highest BCUT2D eigenvalue weighted by molar-refractivity contribution is 5.27. The first-order chi connectivity index (χ1) is 10.6. The first kappa shape index (κ1) is 15.9. The SMILES string of the molecule is Cc1ccc(C2CCC(C3CCC(C)CC3)CO2)c(F)c1F. The van der Waals surface area contributed by atoms with Crippen LogP contribution < -0.4 is 0 Å². The van der Waals surface area contributed by atoms with Gasteiger partial charge in [-0.05, 0) is 55.9 Å². The van der Waals surface area contributed by atoms with Gasteiger partial charge >= 0.3 is 0 Å². The summed E-state index contributed by atoms with van der Waals surface area (Å²) in [7, 11) is 0. The van der Waals surface area contributed by atoms with Gasteiger partial charge in [-0.1, -0.05) is 31.9 Å². The van der Waals surface area contributed by atoms with Crippen molar-refractivity contribution in [3.63, 3.8) is 0 Å². The molecule has 1 nitrogen and oxygen atoms in total. The molecular formula is C19H26F2O. The molecule has 2 fully saturated rings. The smallest absolute Gasteiger partial charge is 0.164 e. The van der Waals surface area contributed by atoms with Crippen molar-refractivity contribution < 1.29 is 13.5 Å². The van der Waals surface area contributed by atoms with Crippen molar-refractivity contribution in [3.8, 4) is 0 Å². The lowest BCUT2D eigenvalue weighted by atomic mass is 9.74. The largest absolute Gasteiger partial charge is 0.373 e. The molecule has 1 aliphatic heterocycles. The lowest BCUT2D eigenvalue weighted by Crippen LogP contribution is -2.29. The molecular weight excluding hydrogens is 282 g/mol. The summed E-state index contributed by atoms with van der Waals surface area (Å²) in [4.78, 5) is 0. The third kappa shape index (κ3) is 3.19. The molecule has 0 bridgehead atoms. The van der Waals surface area contributed by atoms with Crippen LogP contribution in [-0.4, -0.2) is 6.61 Å². The molecule has 0 spiro atoms. The average Bonchev–Trinajstić information content (AvgIpc) is 2.54. The predicted octanol–water partition coefficient (Wildman–Crippen LogP) is 5.57. The number of aryl methyl sites for hydroxylation is 1. The number of halogens is 2. The molecule has 2 aliphatic rings. The molecule has 1 saturated carbocycles. The van der Waals surface area contributed by atoms with Gasteiger partial charge in [0.2, 0.25) is 0 Å². The standard InChI is InChI=1S/C19H26F2O/c1-12-3-6-14(7-4-12)15-8-10-17(22-11-15)16-9-5-13(2)18(20)19(16)21/h5,9,12,14-15,17H,3-4,6-8,10-11H2,1-2H3. The van der Waals surface area contributed by atoms with Gasteiger partial charge in [0, 0.05) is 5.56 Å². The van der Waals surface area contributed by atoms with Crippen LogP contribution in [0.1, 0.15) is 62.7 Å². The van der Waals surface area contributed by atoms with Crippen LogP contribution >= 0.6 is 0 Å². The molecule has 1 aromatic carbocycles. The van der Waals surface area contributed by atoms with E-state index in [1.807, 2.05) is 0 Å². The summed E-state index contributed by atoms with van der Waals surface area (Å²) < 4.78 is 33.7. The number of rotatable bonds is 2. The van der Waals surface area contributed by atoms with E-state index in [1.165, 1.54) is 25.7 Å². The van der Waals surface area contributed by atoms with Crippen LogP contribution in [0.3, 0.4) is 0 Å². The van der Waals surface area contributed by atoms with Crippen molar-refractivity contribution in [2.45, 2.75) is 58.5 Å². The summed E-state index contributed by atoms with van der Waals surface area (Å²) in [6.07, 6.45) is 6.83. The number of hydrogen-bond acceptors (Lipinski definition) is 1. The second-order valence-corrected chi connectivity index (χ2v) is 7.28. The molecule has 2 unspecified atom stereocenters. The normalized spacial score (nSPS) is 32.9. The number of hydrogen-bond donors (Lipinski definition) is 0. The van der Waals surface area contributed by atoms with E-state index in [9.17, 15) is 8.78 Å². The quantitative estimate of drug-likeness (QED) is 0.694. The fraction of sp³-hybridized carbons (Fsp3) is 0.684. The van der Waals surface area contributed by atoms with Crippen molar-refractivity contribution in [1.29, 1.82) is 0 Å². The van der Waals surface area contributed by atoms with Gasteiger partial charge < -0.3 is 4.74 Å². The minimum Gasteiger partial charge on any atom is -0.373 e. The maximum atomic E-state index is 14.1. The van der Waals surface area contributed by atoms with E-state index >= 15 is 0 Å². The molecule has 1 aliphatic carbocycles. The maximum absolute atomic E-state index is 14.1. The van der Waals surface area contributed by atoms with Gasteiger partial charge in [0.25, 0.3) is 0 Å². The highest BCUT2D eigenvalue weighted by Gasteiger charge is 2.32. The third-order valence-corrected chi connectivity index (χ3v) is 5.69. The van der Waals surface area contributed by atoms with E-state index < -0.39 is 11.6 Å². The molecule has 122 valence electrons. The molecule has 1 saturated heterocycles. The fourth-order valence-electron chi connectivity index (χ4n) is 4.06. The lowest BCUT2D eigenvalue weighted by Gasteiger charge is -2.37. The summed E-state index contributed by atoms with van der Waals surface area (Å²) in [6, 6.07) is 3.33. The van der Waals surface area contributed by atoms with Gasteiger partial charge in [-0.2, -0.15) is 0 Å². The first-order valence-electron chi connectivity index (χ1n) is 8.62. The molecule has 0 N–H and O–H groups in total. The Labute approximate surface area is 132 Å². The van der Waals surface area contributed by atoms with Crippen LogP contribution in [0.4, 0.5) is 8.78 Å². The Balaban J connectivity index is 1.61.